The van der Waals surface area contributed by atoms with Crippen LogP contribution in [0.15, 0.2) is 24.3 Å². The summed E-state index contributed by atoms with van der Waals surface area (Å²) in [5.41, 5.74) is 2.03. The number of carboxylic acids is 1. The SMILES string of the molecule is CC(C)CC(NC(=O)C1Cc2ccccc2N1)C(=O)O. The van der Waals surface area contributed by atoms with Crippen molar-refractivity contribution in [3.63, 3.8) is 0 Å². The van der Waals surface area contributed by atoms with Crippen LogP contribution in [-0.4, -0.2) is 29.1 Å². The summed E-state index contributed by atoms with van der Waals surface area (Å²) >= 11 is 0. The zero-order chi connectivity index (χ0) is 14.7. The molecule has 1 aromatic rings. The summed E-state index contributed by atoms with van der Waals surface area (Å²) in [4.78, 5) is 23.3. The van der Waals surface area contributed by atoms with Crippen molar-refractivity contribution in [2.45, 2.75) is 38.8 Å². The molecule has 1 aromatic carbocycles. The molecule has 0 bridgehead atoms. The van der Waals surface area contributed by atoms with Crippen LogP contribution < -0.4 is 10.6 Å². The van der Waals surface area contributed by atoms with E-state index in [1.54, 1.807) is 0 Å². The average molecular weight is 276 g/mol. The fourth-order valence-electron chi connectivity index (χ4n) is 2.42. The Morgan fingerprint density at radius 2 is 2.10 bits per heavy atom. The van der Waals surface area contributed by atoms with Crippen molar-refractivity contribution in [1.82, 2.24) is 5.32 Å². The van der Waals surface area contributed by atoms with Gasteiger partial charge in [0.25, 0.3) is 0 Å². The summed E-state index contributed by atoms with van der Waals surface area (Å²) in [6.07, 6.45) is 1.02. The van der Waals surface area contributed by atoms with E-state index in [9.17, 15) is 9.59 Å². The maximum Gasteiger partial charge on any atom is 0.326 e. The second-order valence-electron chi connectivity index (χ2n) is 5.59. The lowest BCUT2D eigenvalue weighted by molar-refractivity contribution is -0.142. The minimum absolute atomic E-state index is 0.213. The average Bonchev–Trinajstić information content (AvgIpc) is 2.81. The summed E-state index contributed by atoms with van der Waals surface area (Å²) in [6, 6.07) is 6.52. The van der Waals surface area contributed by atoms with Gasteiger partial charge in [-0.3, -0.25) is 4.79 Å². The number of fused-ring (bicyclic) bond motifs is 1. The molecule has 108 valence electrons. The van der Waals surface area contributed by atoms with E-state index in [1.807, 2.05) is 38.1 Å². The second-order valence-corrected chi connectivity index (χ2v) is 5.59. The van der Waals surface area contributed by atoms with E-state index in [0.717, 1.165) is 11.3 Å². The fourth-order valence-corrected chi connectivity index (χ4v) is 2.42. The van der Waals surface area contributed by atoms with Crippen LogP contribution in [0.5, 0.6) is 0 Å². The maximum absolute atomic E-state index is 12.2. The molecule has 0 saturated carbocycles. The number of aliphatic carboxylic acids is 1. The van der Waals surface area contributed by atoms with Crippen molar-refractivity contribution in [2.75, 3.05) is 5.32 Å². The molecule has 0 aromatic heterocycles. The molecule has 1 heterocycles. The first kappa shape index (κ1) is 14.4. The number of hydrogen-bond acceptors (Lipinski definition) is 3. The third-order valence-corrected chi connectivity index (χ3v) is 3.41. The Hall–Kier alpha value is -2.04. The molecule has 0 saturated heterocycles. The van der Waals surface area contributed by atoms with Gasteiger partial charge in [-0.05, 0) is 24.0 Å². The van der Waals surface area contributed by atoms with Gasteiger partial charge in [0.15, 0.2) is 0 Å². The Bertz CT molecular complexity index is 489. The molecule has 2 rings (SSSR count). The molecule has 1 aliphatic rings. The zero-order valence-electron chi connectivity index (χ0n) is 11.7. The lowest BCUT2D eigenvalue weighted by Gasteiger charge is -2.19. The van der Waals surface area contributed by atoms with Crippen LogP contribution in [0.3, 0.4) is 0 Å². The van der Waals surface area contributed by atoms with Crippen LogP contribution in [-0.2, 0) is 16.0 Å². The Kier molecular flexibility index (Phi) is 4.27. The molecule has 5 nitrogen and oxygen atoms in total. The highest BCUT2D eigenvalue weighted by atomic mass is 16.4. The molecule has 0 aliphatic carbocycles. The van der Waals surface area contributed by atoms with Gasteiger partial charge in [0.1, 0.15) is 12.1 Å². The zero-order valence-corrected chi connectivity index (χ0v) is 11.7. The Balaban J connectivity index is 1.97. The van der Waals surface area contributed by atoms with E-state index >= 15 is 0 Å². The van der Waals surface area contributed by atoms with E-state index in [1.165, 1.54) is 0 Å². The second kappa shape index (κ2) is 5.94. The van der Waals surface area contributed by atoms with Gasteiger partial charge in [-0.2, -0.15) is 0 Å². The minimum Gasteiger partial charge on any atom is -0.480 e. The van der Waals surface area contributed by atoms with Crippen LogP contribution in [0.2, 0.25) is 0 Å². The van der Waals surface area contributed by atoms with Crippen LogP contribution in [0, 0.1) is 5.92 Å². The van der Waals surface area contributed by atoms with Crippen molar-refractivity contribution in [3.8, 4) is 0 Å². The number of amides is 1. The molecule has 2 atom stereocenters. The monoisotopic (exact) mass is 276 g/mol. The van der Waals surface area contributed by atoms with Crippen molar-refractivity contribution >= 4 is 17.6 Å². The summed E-state index contributed by atoms with van der Waals surface area (Å²) in [5, 5.41) is 14.9. The van der Waals surface area contributed by atoms with Crippen LogP contribution in [0.25, 0.3) is 0 Å². The predicted octanol–water partition coefficient (Wildman–Crippen LogP) is 1.64. The quantitative estimate of drug-likeness (QED) is 0.764. The van der Waals surface area contributed by atoms with Gasteiger partial charge in [-0.25, -0.2) is 4.79 Å². The minimum atomic E-state index is -0.984. The van der Waals surface area contributed by atoms with Crippen molar-refractivity contribution in [2.24, 2.45) is 5.92 Å². The first-order valence-electron chi connectivity index (χ1n) is 6.85. The molecule has 3 N–H and O–H groups in total. The van der Waals surface area contributed by atoms with Crippen LogP contribution >= 0.6 is 0 Å². The summed E-state index contributed by atoms with van der Waals surface area (Å²) in [7, 11) is 0. The topological polar surface area (TPSA) is 78.4 Å². The first-order chi connectivity index (χ1) is 9.47. The van der Waals surface area contributed by atoms with Crippen LogP contribution in [0.1, 0.15) is 25.8 Å². The smallest absolute Gasteiger partial charge is 0.326 e. The van der Waals surface area contributed by atoms with Crippen molar-refractivity contribution < 1.29 is 14.7 Å². The van der Waals surface area contributed by atoms with Gasteiger partial charge in [0.2, 0.25) is 5.91 Å². The van der Waals surface area contributed by atoms with Gasteiger partial charge >= 0.3 is 5.97 Å². The standard InChI is InChI=1S/C15H20N2O3/c1-9(2)7-13(15(19)20)17-14(18)12-8-10-5-3-4-6-11(10)16-12/h3-6,9,12-13,16H,7-8H2,1-2H3,(H,17,18)(H,19,20). The van der Waals surface area contributed by atoms with E-state index in [2.05, 4.69) is 10.6 Å². The summed E-state index contributed by atoms with van der Waals surface area (Å²) < 4.78 is 0. The van der Waals surface area contributed by atoms with E-state index in [0.29, 0.717) is 12.8 Å². The highest BCUT2D eigenvalue weighted by molar-refractivity contribution is 5.90. The number of anilines is 1. The molecular formula is C15H20N2O3. The first-order valence-corrected chi connectivity index (χ1v) is 6.85. The third-order valence-electron chi connectivity index (χ3n) is 3.41. The Morgan fingerprint density at radius 1 is 1.40 bits per heavy atom. The maximum atomic E-state index is 12.2. The van der Waals surface area contributed by atoms with Gasteiger partial charge in [-0.1, -0.05) is 32.0 Å². The number of rotatable bonds is 5. The van der Waals surface area contributed by atoms with Crippen molar-refractivity contribution in [3.05, 3.63) is 29.8 Å². The molecule has 1 aliphatic heterocycles. The highest BCUT2D eigenvalue weighted by Gasteiger charge is 2.29. The van der Waals surface area contributed by atoms with Crippen molar-refractivity contribution in [1.29, 1.82) is 0 Å². The van der Waals surface area contributed by atoms with Gasteiger partial charge < -0.3 is 15.7 Å². The van der Waals surface area contributed by atoms with E-state index in [-0.39, 0.29) is 17.9 Å². The third kappa shape index (κ3) is 3.29. The number of carboxylic acid groups (broad SMARTS) is 1. The highest BCUT2D eigenvalue weighted by Crippen LogP contribution is 2.25. The lowest BCUT2D eigenvalue weighted by Crippen LogP contribution is -2.47. The number of para-hydroxylation sites is 1. The molecule has 2 unspecified atom stereocenters. The summed E-state index contributed by atoms with van der Waals surface area (Å²) in [5.74, 6) is -1.03. The molecule has 0 radical (unpaired) electrons. The number of carbonyl (C=O) groups excluding carboxylic acids is 1. The molecule has 1 amide bonds. The van der Waals surface area contributed by atoms with E-state index in [4.69, 9.17) is 5.11 Å². The molecule has 0 fully saturated rings. The molecule has 0 spiro atoms. The lowest BCUT2D eigenvalue weighted by atomic mass is 10.0. The molecular weight excluding hydrogens is 256 g/mol. The van der Waals surface area contributed by atoms with Gasteiger partial charge in [-0.15, -0.1) is 0 Å². The van der Waals surface area contributed by atoms with Gasteiger partial charge in [0.05, 0.1) is 0 Å². The molecule has 20 heavy (non-hydrogen) atoms. The number of carbonyl (C=O) groups is 2. The van der Waals surface area contributed by atoms with Crippen LogP contribution in [0.4, 0.5) is 5.69 Å². The number of benzene rings is 1. The predicted molar refractivity (Wildman–Crippen MR) is 76.6 cm³/mol. The normalized spacial score (nSPS) is 18.2. The summed E-state index contributed by atoms with van der Waals surface area (Å²) in [6.45, 7) is 3.87. The Morgan fingerprint density at radius 3 is 2.70 bits per heavy atom. The molecule has 5 heteroatoms. The number of nitrogens with one attached hydrogen (secondary N) is 2. The van der Waals surface area contributed by atoms with E-state index < -0.39 is 12.0 Å². The van der Waals surface area contributed by atoms with Gasteiger partial charge in [0, 0.05) is 12.1 Å². The Labute approximate surface area is 118 Å². The largest absolute Gasteiger partial charge is 0.480 e. The fraction of sp³-hybridized carbons (Fsp3) is 0.467. The number of hydrogen-bond donors (Lipinski definition) is 3.